The van der Waals surface area contributed by atoms with Gasteiger partial charge in [-0.2, -0.15) is 0 Å². The van der Waals surface area contributed by atoms with Gasteiger partial charge in [0.25, 0.3) is 0 Å². The molecule has 0 saturated heterocycles. The standard InChI is InChI=1S/C12H18N4OS/c1-7-6-9(15-5-3-4-10(13)17)11(12(14)18)8(2)16-7/h6H,3-5H2,1-2H3,(H2,13,17)(H2,14,18)(H,15,16). The van der Waals surface area contributed by atoms with Crippen molar-refractivity contribution >= 4 is 28.8 Å². The van der Waals surface area contributed by atoms with Crippen molar-refractivity contribution < 1.29 is 4.79 Å². The van der Waals surface area contributed by atoms with Gasteiger partial charge < -0.3 is 16.8 Å². The average Bonchev–Trinajstić information content (AvgIpc) is 2.22. The number of nitrogens with one attached hydrogen (secondary N) is 1. The molecule has 1 amide bonds. The SMILES string of the molecule is Cc1cc(NCCCC(N)=O)c(C(N)=S)c(C)n1. The topological polar surface area (TPSA) is 94.0 Å². The summed E-state index contributed by atoms with van der Waals surface area (Å²) >= 11 is 5.02. The number of amides is 1. The zero-order valence-electron chi connectivity index (χ0n) is 10.6. The maximum atomic E-state index is 10.6. The van der Waals surface area contributed by atoms with Crippen LogP contribution in [0.5, 0.6) is 0 Å². The third-order valence-electron chi connectivity index (χ3n) is 2.49. The molecular weight excluding hydrogens is 248 g/mol. The number of primary amides is 1. The van der Waals surface area contributed by atoms with Crippen molar-refractivity contribution in [1.29, 1.82) is 0 Å². The minimum Gasteiger partial charge on any atom is -0.389 e. The Morgan fingerprint density at radius 1 is 1.44 bits per heavy atom. The van der Waals surface area contributed by atoms with Gasteiger partial charge in [0.15, 0.2) is 0 Å². The molecule has 1 aromatic rings. The van der Waals surface area contributed by atoms with E-state index >= 15 is 0 Å². The molecule has 1 aromatic heterocycles. The van der Waals surface area contributed by atoms with E-state index in [0.717, 1.165) is 22.6 Å². The van der Waals surface area contributed by atoms with Crippen LogP contribution in [0, 0.1) is 13.8 Å². The molecule has 0 fully saturated rings. The molecule has 18 heavy (non-hydrogen) atoms. The fourth-order valence-corrected chi connectivity index (χ4v) is 2.02. The van der Waals surface area contributed by atoms with E-state index in [9.17, 15) is 4.79 Å². The van der Waals surface area contributed by atoms with Crippen molar-refractivity contribution in [1.82, 2.24) is 4.98 Å². The van der Waals surface area contributed by atoms with Crippen LogP contribution in [0.3, 0.4) is 0 Å². The first-order valence-corrected chi connectivity index (χ1v) is 6.13. The highest BCUT2D eigenvalue weighted by Crippen LogP contribution is 2.19. The Labute approximate surface area is 112 Å². The van der Waals surface area contributed by atoms with Crippen LogP contribution in [0.2, 0.25) is 0 Å². The summed E-state index contributed by atoms with van der Waals surface area (Å²) in [6, 6.07) is 1.89. The minimum atomic E-state index is -0.298. The molecule has 1 rings (SSSR count). The summed E-state index contributed by atoms with van der Waals surface area (Å²) in [6.45, 7) is 4.42. The Morgan fingerprint density at radius 3 is 2.67 bits per heavy atom. The highest BCUT2D eigenvalue weighted by atomic mass is 32.1. The molecule has 0 saturated carbocycles. The highest BCUT2D eigenvalue weighted by molar-refractivity contribution is 7.80. The maximum Gasteiger partial charge on any atom is 0.217 e. The number of thiocarbonyl (C=S) groups is 1. The summed E-state index contributed by atoms with van der Waals surface area (Å²) in [5, 5.41) is 3.22. The van der Waals surface area contributed by atoms with Gasteiger partial charge in [0, 0.05) is 30.0 Å². The van der Waals surface area contributed by atoms with Crippen LogP contribution in [0.4, 0.5) is 5.69 Å². The second kappa shape index (κ2) is 6.30. The van der Waals surface area contributed by atoms with Gasteiger partial charge in [-0.15, -0.1) is 0 Å². The lowest BCUT2D eigenvalue weighted by molar-refractivity contribution is -0.118. The Balaban J connectivity index is 2.80. The fourth-order valence-electron chi connectivity index (χ4n) is 1.76. The van der Waals surface area contributed by atoms with Gasteiger partial charge in [0.1, 0.15) is 4.99 Å². The minimum absolute atomic E-state index is 0.298. The van der Waals surface area contributed by atoms with Gasteiger partial charge in [0.2, 0.25) is 5.91 Å². The molecule has 1 heterocycles. The summed E-state index contributed by atoms with van der Waals surface area (Å²) in [4.78, 5) is 15.3. The van der Waals surface area contributed by atoms with Crippen LogP contribution in [0.15, 0.2) is 6.07 Å². The molecule has 0 aliphatic heterocycles. The number of hydrogen-bond donors (Lipinski definition) is 3. The summed E-state index contributed by atoms with van der Waals surface area (Å²) in [7, 11) is 0. The number of carbonyl (C=O) groups excluding carboxylic acids is 1. The number of carbonyl (C=O) groups is 1. The van der Waals surface area contributed by atoms with Gasteiger partial charge >= 0.3 is 0 Å². The quantitative estimate of drug-likeness (QED) is 0.528. The largest absolute Gasteiger partial charge is 0.389 e. The Hall–Kier alpha value is -1.69. The third kappa shape index (κ3) is 3.96. The molecule has 0 radical (unpaired) electrons. The van der Waals surface area contributed by atoms with E-state index in [0.29, 0.717) is 24.4 Å². The summed E-state index contributed by atoms with van der Waals surface area (Å²) < 4.78 is 0. The number of nitrogens with two attached hydrogens (primary N) is 2. The van der Waals surface area contributed by atoms with Crippen LogP contribution in [0.1, 0.15) is 29.8 Å². The van der Waals surface area contributed by atoms with Crippen molar-refractivity contribution in [3.8, 4) is 0 Å². The lowest BCUT2D eigenvalue weighted by Gasteiger charge is -2.14. The Bertz CT molecular complexity index is 473. The maximum absolute atomic E-state index is 10.6. The second-order valence-electron chi connectivity index (χ2n) is 4.13. The molecule has 0 aromatic carbocycles. The first kappa shape index (κ1) is 14.4. The van der Waals surface area contributed by atoms with Gasteiger partial charge in [-0.05, 0) is 26.3 Å². The monoisotopic (exact) mass is 266 g/mol. The van der Waals surface area contributed by atoms with E-state index in [1.165, 1.54) is 0 Å². The smallest absolute Gasteiger partial charge is 0.217 e. The summed E-state index contributed by atoms with van der Waals surface area (Å²) in [5.41, 5.74) is 14.1. The number of rotatable bonds is 6. The zero-order chi connectivity index (χ0) is 13.7. The number of pyridine rings is 1. The first-order chi connectivity index (χ1) is 8.41. The zero-order valence-corrected chi connectivity index (χ0v) is 11.4. The van der Waals surface area contributed by atoms with Crippen molar-refractivity contribution in [3.63, 3.8) is 0 Å². The second-order valence-corrected chi connectivity index (χ2v) is 4.57. The molecule has 5 N–H and O–H groups in total. The number of aromatic nitrogens is 1. The molecule has 98 valence electrons. The van der Waals surface area contributed by atoms with Crippen LogP contribution in [-0.2, 0) is 4.79 Å². The third-order valence-corrected chi connectivity index (χ3v) is 2.69. The van der Waals surface area contributed by atoms with E-state index in [4.69, 9.17) is 23.7 Å². The van der Waals surface area contributed by atoms with E-state index in [1.54, 1.807) is 0 Å². The van der Waals surface area contributed by atoms with Gasteiger partial charge in [0.05, 0.1) is 5.56 Å². The molecule has 5 nitrogen and oxygen atoms in total. The molecule has 0 bridgehead atoms. The average molecular weight is 266 g/mol. The first-order valence-electron chi connectivity index (χ1n) is 5.72. The van der Waals surface area contributed by atoms with Crippen molar-refractivity contribution in [2.45, 2.75) is 26.7 Å². The molecule has 0 spiro atoms. The molecule has 0 aliphatic carbocycles. The number of nitrogens with zero attached hydrogens (tertiary/aromatic N) is 1. The Morgan fingerprint density at radius 2 is 2.11 bits per heavy atom. The van der Waals surface area contributed by atoms with Gasteiger partial charge in [-0.3, -0.25) is 9.78 Å². The molecule has 0 aliphatic rings. The van der Waals surface area contributed by atoms with E-state index < -0.39 is 0 Å². The molecule has 0 unspecified atom stereocenters. The van der Waals surface area contributed by atoms with Crippen LogP contribution in [0.25, 0.3) is 0 Å². The van der Waals surface area contributed by atoms with Gasteiger partial charge in [-0.1, -0.05) is 12.2 Å². The Kier molecular flexibility index (Phi) is 5.03. The predicted octanol–water partition coefficient (Wildman–Crippen LogP) is 1.01. The number of hydrogen-bond acceptors (Lipinski definition) is 4. The van der Waals surface area contributed by atoms with E-state index in [2.05, 4.69) is 10.3 Å². The van der Waals surface area contributed by atoms with Crippen LogP contribution in [-0.4, -0.2) is 22.4 Å². The normalized spacial score (nSPS) is 10.1. The predicted molar refractivity (Wildman–Crippen MR) is 76.5 cm³/mol. The molecule has 0 atom stereocenters. The molecule has 6 heteroatoms. The van der Waals surface area contributed by atoms with E-state index in [1.807, 2.05) is 19.9 Å². The summed E-state index contributed by atoms with van der Waals surface area (Å²) in [6.07, 6.45) is 1.03. The summed E-state index contributed by atoms with van der Waals surface area (Å²) in [5.74, 6) is -0.298. The highest BCUT2D eigenvalue weighted by Gasteiger charge is 2.10. The lowest BCUT2D eigenvalue weighted by Crippen LogP contribution is -2.18. The van der Waals surface area contributed by atoms with Crippen LogP contribution < -0.4 is 16.8 Å². The lowest BCUT2D eigenvalue weighted by atomic mass is 10.1. The fraction of sp³-hybridized carbons (Fsp3) is 0.417. The van der Waals surface area contributed by atoms with Crippen molar-refractivity contribution in [2.75, 3.05) is 11.9 Å². The molecular formula is C12H18N4OS. The van der Waals surface area contributed by atoms with Crippen molar-refractivity contribution in [3.05, 3.63) is 23.0 Å². The van der Waals surface area contributed by atoms with E-state index in [-0.39, 0.29) is 5.91 Å². The van der Waals surface area contributed by atoms with Crippen molar-refractivity contribution in [2.24, 2.45) is 11.5 Å². The van der Waals surface area contributed by atoms with Gasteiger partial charge in [-0.25, -0.2) is 0 Å². The number of aryl methyl sites for hydroxylation is 2. The van der Waals surface area contributed by atoms with Crippen LogP contribution >= 0.6 is 12.2 Å². The number of anilines is 1.